The Morgan fingerprint density at radius 3 is 2.32 bits per heavy atom. The van der Waals surface area contributed by atoms with Gasteiger partial charge in [-0.3, -0.25) is 4.79 Å². The molecule has 5 heteroatoms. The second kappa shape index (κ2) is 8.03. The van der Waals surface area contributed by atoms with Gasteiger partial charge in [-0.05, 0) is 62.4 Å². The van der Waals surface area contributed by atoms with Crippen molar-refractivity contribution in [2.24, 2.45) is 0 Å². The summed E-state index contributed by atoms with van der Waals surface area (Å²) < 4.78 is 0. The fourth-order valence-corrected chi connectivity index (χ4v) is 5.70. The molecular formula is C26H33N3O2. The molecule has 1 saturated carbocycles. The first-order valence-electron chi connectivity index (χ1n) is 11.3. The Labute approximate surface area is 185 Å². The van der Waals surface area contributed by atoms with Crippen molar-refractivity contribution < 1.29 is 9.59 Å². The van der Waals surface area contributed by atoms with Crippen molar-refractivity contribution in [2.75, 3.05) is 10.2 Å². The van der Waals surface area contributed by atoms with Crippen LogP contribution < -0.4 is 15.5 Å². The molecule has 2 aliphatic rings. The van der Waals surface area contributed by atoms with E-state index in [1.165, 1.54) is 18.4 Å². The molecule has 164 valence electrons. The average molecular weight is 420 g/mol. The molecule has 1 atom stereocenters. The van der Waals surface area contributed by atoms with Gasteiger partial charge >= 0.3 is 6.03 Å². The van der Waals surface area contributed by atoms with Gasteiger partial charge in [-0.25, -0.2) is 4.79 Å². The highest BCUT2D eigenvalue weighted by Crippen LogP contribution is 2.51. The minimum Gasteiger partial charge on any atom is -0.335 e. The number of carbonyl (C=O) groups excluding carboxylic acids is 2. The smallest absolute Gasteiger partial charge is 0.319 e. The molecule has 0 aromatic heterocycles. The topological polar surface area (TPSA) is 61.4 Å². The van der Waals surface area contributed by atoms with E-state index in [-0.39, 0.29) is 28.9 Å². The molecule has 1 heterocycles. The molecule has 31 heavy (non-hydrogen) atoms. The third-order valence-corrected chi connectivity index (χ3v) is 6.90. The zero-order valence-corrected chi connectivity index (χ0v) is 19.0. The Bertz CT molecular complexity index is 979. The van der Waals surface area contributed by atoms with Crippen molar-refractivity contribution in [3.05, 3.63) is 59.7 Å². The molecule has 2 aromatic carbocycles. The van der Waals surface area contributed by atoms with E-state index >= 15 is 0 Å². The van der Waals surface area contributed by atoms with Gasteiger partial charge in [0, 0.05) is 35.3 Å². The fourth-order valence-electron chi connectivity index (χ4n) is 5.70. The van der Waals surface area contributed by atoms with Crippen molar-refractivity contribution in [2.45, 2.75) is 76.8 Å². The van der Waals surface area contributed by atoms with Crippen LogP contribution in [0.3, 0.4) is 0 Å². The number of nitrogens with one attached hydrogen (secondary N) is 2. The van der Waals surface area contributed by atoms with E-state index in [0.717, 1.165) is 36.2 Å². The Balaban J connectivity index is 1.74. The van der Waals surface area contributed by atoms with Gasteiger partial charge in [-0.2, -0.15) is 0 Å². The van der Waals surface area contributed by atoms with Crippen LogP contribution >= 0.6 is 0 Å². The Morgan fingerprint density at radius 2 is 1.68 bits per heavy atom. The first kappa shape index (κ1) is 21.4. The molecule has 0 bridgehead atoms. The van der Waals surface area contributed by atoms with Crippen LogP contribution in [0.4, 0.5) is 16.2 Å². The van der Waals surface area contributed by atoms with Crippen LogP contribution in [0.25, 0.3) is 0 Å². The van der Waals surface area contributed by atoms with Crippen LogP contribution in [0.15, 0.2) is 48.5 Å². The lowest BCUT2D eigenvalue weighted by Gasteiger charge is -2.51. The van der Waals surface area contributed by atoms with E-state index in [0.29, 0.717) is 0 Å². The predicted molar refractivity (Wildman–Crippen MR) is 126 cm³/mol. The van der Waals surface area contributed by atoms with Crippen molar-refractivity contribution >= 4 is 23.3 Å². The lowest BCUT2D eigenvalue weighted by Crippen LogP contribution is -2.55. The molecule has 5 nitrogen and oxygen atoms in total. The van der Waals surface area contributed by atoms with Crippen LogP contribution in [0, 0.1) is 0 Å². The van der Waals surface area contributed by atoms with Gasteiger partial charge in [0.05, 0.1) is 0 Å². The summed E-state index contributed by atoms with van der Waals surface area (Å²) in [5.74, 6) is 0.0287. The van der Waals surface area contributed by atoms with E-state index in [1.54, 1.807) is 6.92 Å². The molecule has 4 rings (SSSR count). The average Bonchev–Trinajstić information content (AvgIpc) is 3.21. The number of benzene rings is 2. The predicted octanol–water partition coefficient (Wildman–Crippen LogP) is 5.59. The number of fused-ring (bicyclic) bond motifs is 1. The molecule has 3 amide bonds. The molecule has 1 aliphatic carbocycles. The first-order chi connectivity index (χ1) is 14.7. The number of hydrogen-bond donors (Lipinski definition) is 2. The Hall–Kier alpha value is -2.82. The SMILES string of the molecule is CC(=O)N1c2ccc(NC(=O)NC3CCCC3)cc2C(C)(c2ccccc2)CC1(C)C. The second-order valence-electron chi connectivity index (χ2n) is 9.85. The summed E-state index contributed by atoms with van der Waals surface area (Å²) in [7, 11) is 0. The number of rotatable bonds is 3. The summed E-state index contributed by atoms with van der Waals surface area (Å²) in [6.07, 6.45) is 5.23. The van der Waals surface area contributed by atoms with E-state index in [1.807, 2.05) is 29.2 Å². The standard InChI is InChI=1S/C26H33N3O2/c1-18(30)29-23-15-14-21(28-24(31)27-20-12-8-9-13-20)16-22(23)26(4,17-25(29,2)3)19-10-6-5-7-11-19/h5-7,10-11,14-16,20H,8-9,12-13,17H2,1-4H3,(H2,27,28,31). The van der Waals surface area contributed by atoms with Gasteiger partial charge in [0.25, 0.3) is 0 Å². The van der Waals surface area contributed by atoms with E-state index in [9.17, 15) is 9.59 Å². The van der Waals surface area contributed by atoms with E-state index in [2.05, 4.69) is 55.7 Å². The van der Waals surface area contributed by atoms with E-state index < -0.39 is 0 Å². The van der Waals surface area contributed by atoms with Gasteiger partial charge in [0.2, 0.25) is 5.91 Å². The zero-order chi connectivity index (χ0) is 22.2. The number of nitrogens with zero attached hydrogens (tertiary/aromatic N) is 1. The van der Waals surface area contributed by atoms with Gasteiger partial charge in [0.15, 0.2) is 0 Å². The number of amides is 3. The van der Waals surface area contributed by atoms with E-state index in [4.69, 9.17) is 0 Å². The Morgan fingerprint density at radius 1 is 1.00 bits per heavy atom. The molecule has 2 aromatic rings. The van der Waals surface area contributed by atoms with Crippen LogP contribution in [0.5, 0.6) is 0 Å². The maximum Gasteiger partial charge on any atom is 0.319 e. The number of hydrogen-bond acceptors (Lipinski definition) is 2. The maximum atomic E-state index is 12.6. The van der Waals surface area contributed by atoms with Crippen LogP contribution in [0.1, 0.15) is 70.9 Å². The highest BCUT2D eigenvalue weighted by Gasteiger charge is 2.47. The summed E-state index contributed by atoms with van der Waals surface area (Å²) in [6, 6.07) is 16.5. The lowest BCUT2D eigenvalue weighted by atomic mass is 9.65. The molecule has 1 unspecified atom stereocenters. The molecule has 1 fully saturated rings. The lowest BCUT2D eigenvalue weighted by molar-refractivity contribution is -0.117. The molecule has 0 spiro atoms. The quantitative estimate of drug-likeness (QED) is 0.681. The van der Waals surface area contributed by atoms with Crippen molar-refractivity contribution in [3.8, 4) is 0 Å². The summed E-state index contributed by atoms with van der Waals surface area (Å²) in [6.45, 7) is 8.11. The summed E-state index contributed by atoms with van der Waals surface area (Å²) in [5, 5.41) is 6.10. The molecule has 0 radical (unpaired) electrons. The molecular weight excluding hydrogens is 386 g/mol. The number of anilines is 2. The van der Waals surface area contributed by atoms with Gasteiger partial charge < -0.3 is 15.5 Å². The zero-order valence-electron chi connectivity index (χ0n) is 19.0. The van der Waals surface area contributed by atoms with Gasteiger partial charge in [-0.15, -0.1) is 0 Å². The highest BCUT2D eigenvalue weighted by atomic mass is 16.2. The van der Waals surface area contributed by atoms with Crippen molar-refractivity contribution in [3.63, 3.8) is 0 Å². The minimum absolute atomic E-state index is 0.0287. The second-order valence-corrected chi connectivity index (χ2v) is 9.85. The van der Waals surface area contributed by atoms with Crippen LogP contribution in [-0.4, -0.2) is 23.5 Å². The minimum atomic E-state index is -0.335. The fraction of sp³-hybridized carbons (Fsp3) is 0.462. The number of carbonyl (C=O) groups is 2. The molecule has 1 aliphatic heterocycles. The highest BCUT2D eigenvalue weighted by molar-refractivity contribution is 5.96. The number of urea groups is 1. The molecule has 2 N–H and O–H groups in total. The third kappa shape index (κ3) is 4.06. The summed E-state index contributed by atoms with van der Waals surface area (Å²) in [5.41, 5.74) is 3.31. The monoisotopic (exact) mass is 419 g/mol. The van der Waals surface area contributed by atoms with Crippen LogP contribution in [-0.2, 0) is 10.2 Å². The Kier molecular flexibility index (Phi) is 5.54. The largest absolute Gasteiger partial charge is 0.335 e. The van der Waals surface area contributed by atoms with Crippen molar-refractivity contribution in [1.29, 1.82) is 0 Å². The normalized spacial score (nSPS) is 22.6. The molecule has 0 saturated heterocycles. The maximum absolute atomic E-state index is 12.6. The first-order valence-corrected chi connectivity index (χ1v) is 11.3. The third-order valence-electron chi connectivity index (χ3n) is 6.90. The van der Waals surface area contributed by atoms with Gasteiger partial charge in [-0.1, -0.05) is 50.1 Å². The van der Waals surface area contributed by atoms with Crippen molar-refractivity contribution in [1.82, 2.24) is 5.32 Å². The summed E-state index contributed by atoms with van der Waals surface area (Å²) >= 11 is 0. The van der Waals surface area contributed by atoms with Crippen LogP contribution in [0.2, 0.25) is 0 Å². The van der Waals surface area contributed by atoms with Gasteiger partial charge in [0.1, 0.15) is 0 Å². The summed E-state index contributed by atoms with van der Waals surface area (Å²) in [4.78, 5) is 27.1.